The largest absolute Gasteiger partial charge is 0.406 e. The number of hydrogen-bond acceptors (Lipinski definition) is 2. The summed E-state index contributed by atoms with van der Waals surface area (Å²) in [5.74, 6) is 0. The molecule has 7 rings (SSSR count). The predicted molar refractivity (Wildman–Crippen MR) is 164 cm³/mol. The first kappa shape index (κ1) is 29.0. The zero-order valence-electron chi connectivity index (χ0n) is 23.9. The van der Waals surface area contributed by atoms with Gasteiger partial charge in [0.1, 0.15) is 12.1 Å². The van der Waals surface area contributed by atoms with Gasteiger partial charge in [-0.2, -0.15) is 36.9 Å². The molecule has 0 N–H and O–H groups in total. The number of nitriles is 2. The van der Waals surface area contributed by atoms with Crippen LogP contribution in [0.15, 0.2) is 103 Å². The van der Waals surface area contributed by atoms with Crippen LogP contribution in [0.3, 0.4) is 0 Å². The Labute approximate surface area is 257 Å². The van der Waals surface area contributed by atoms with Crippen molar-refractivity contribution in [3.8, 4) is 23.5 Å². The Hall–Kier alpha value is -5.74. The minimum Gasteiger partial charge on any atom is -0.309 e. The van der Waals surface area contributed by atoms with Gasteiger partial charge in [-0.25, -0.2) is 0 Å². The minimum absolute atomic E-state index is 0.150. The van der Waals surface area contributed by atoms with Gasteiger partial charge >= 0.3 is 12.4 Å². The average Bonchev–Trinajstić information content (AvgIpc) is 3.55. The molecule has 0 atom stereocenters. The normalized spacial score (nSPS) is 12.6. The van der Waals surface area contributed by atoms with Gasteiger partial charge in [-0.15, -0.1) is 0 Å². The molecule has 0 saturated carbocycles. The van der Waals surface area contributed by atoms with Gasteiger partial charge in [0.15, 0.2) is 5.41 Å². The van der Waals surface area contributed by atoms with Crippen LogP contribution < -0.4 is 0 Å². The van der Waals surface area contributed by atoms with Crippen LogP contribution in [0.2, 0.25) is 0 Å². The summed E-state index contributed by atoms with van der Waals surface area (Å²) in [6, 6.07) is 32.3. The van der Waals surface area contributed by atoms with Gasteiger partial charge in [-0.05, 0) is 61.0 Å². The summed E-state index contributed by atoms with van der Waals surface area (Å²) in [5.41, 5.74) is -0.667. The summed E-state index contributed by atoms with van der Waals surface area (Å²) in [4.78, 5) is 0. The van der Waals surface area contributed by atoms with Crippen molar-refractivity contribution in [1.29, 1.82) is 10.5 Å². The molecule has 46 heavy (non-hydrogen) atoms. The van der Waals surface area contributed by atoms with E-state index in [1.54, 1.807) is 24.3 Å². The van der Waals surface area contributed by atoms with Gasteiger partial charge in [-0.3, -0.25) is 0 Å². The highest BCUT2D eigenvalue weighted by molar-refractivity contribution is 6.29. The van der Waals surface area contributed by atoms with Crippen LogP contribution in [-0.4, -0.2) is 21.5 Å². The predicted octanol–water partition coefficient (Wildman–Crippen LogP) is 10.0. The van der Waals surface area contributed by atoms with Gasteiger partial charge in [-0.1, -0.05) is 54.6 Å². The molecule has 0 spiro atoms. The van der Waals surface area contributed by atoms with E-state index in [1.165, 1.54) is 12.1 Å². The van der Waals surface area contributed by atoms with Gasteiger partial charge in [0.25, 0.3) is 0 Å². The second kappa shape index (κ2) is 9.88. The number of halogens is 6. The third kappa shape index (κ3) is 3.86. The summed E-state index contributed by atoms with van der Waals surface area (Å²) in [7, 11) is 0. The van der Waals surface area contributed by atoms with Crippen molar-refractivity contribution in [3.63, 3.8) is 0 Å². The van der Waals surface area contributed by atoms with E-state index in [2.05, 4.69) is 12.1 Å². The summed E-state index contributed by atoms with van der Waals surface area (Å²) in [6.45, 7) is 0.150. The van der Waals surface area contributed by atoms with Crippen LogP contribution in [0.4, 0.5) is 26.3 Å². The lowest BCUT2D eigenvalue weighted by Crippen LogP contribution is -2.51. The molecule has 7 aromatic rings. The van der Waals surface area contributed by atoms with Crippen LogP contribution in [-0.2, 0) is 5.41 Å². The highest BCUT2D eigenvalue weighted by Crippen LogP contribution is 2.52. The standard InChI is InChI=1S/C36H20F6N4/c1-34(35(37,38)39,36(40,41)42)23-13-15-24(16-14-23)45-27-11-4-2-9-25(27)31-29(45)17-18-30-32(31)26-10-3-5-12-28(26)46(30)33-21(19-43)7-6-8-22(33)20-44/h2-18H,1H3. The van der Waals surface area contributed by atoms with Gasteiger partial charge < -0.3 is 9.13 Å². The molecule has 0 fully saturated rings. The van der Waals surface area contributed by atoms with E-state index in [9.17, 15) is 36.9 Å². The Morgan fingerprint density at radius 3 is 1.46 bits per heavy atom. The molecule has 0 saturated heterocycles. The first-order chi connectivity index (χ1) is 21.9. The maximum Gasteiger partial charge on any atom is 0.406 e. The minimum atomic E-state index is -5.56. The number of benzene rings is 5. The second-order valence-electron chi connectivity index (χ2n) is 11.2. The van der Waals surface area contributed by atoms with Crippen molar-refractivity contribution < 1.29 is 26.3 Å². The summed E-state index contributed by atoms with van der Waals surface area (Å²) in [5, 5.41) is 23.2. The van der Waals surface area contributed by atoms with Crippen LogP contribution in [0.5, 0.6) is 0 Å². The number of para-hydroxylation sites is 3. The number of rotatable bonds is 3. The lowest BCUT2D eigenvalue weighted by Gasteiger charge is -2.34. The average molecular weight is 623 g/mol. The smallest absolute Gasteiger partial charge is 0.309 e. The Kier molecular flexibility index (Phi) is 6.23. The molecule has 0 aliphatic heterocycles. The molecule has 0 aliphatic rings. The quantitative estimate of drug-likeness (QED) is 0.184. The molecule has 0 radical (unpaired) electrons. The van der Waals surface area contributed by atoms with Crippen LogP contribution >= 0.6 is 0 Å². The molecule has 2 aromatic heterocycles. The van der Waals surface area contributed by atoms with Crippen LogP contribution in [0.1, 0.15) is 23.6 Å². The third-order valence-electron chi connectivity index (χ3n) is 8.81. The Bertz CT molecular complexity index is 2380. The highest BCUT2D eigenvalue weighted by Gasteiger charge is 2.68. The first-order valence-corrected chi connectivity index (χ1v) is 14.1. The molecule has 0 amide bonds. The molecule has 226 valence electrons. The number of aromatic nitrogens is 2. The molecule has 5 aromatic carbocycles. The van der Waals surface area contributed by atoms with E-state index in [1.807, 2.05) is 63.7 Å². The fourth-order valence-electron chi connectivity index (χ4n) is 6.43. The molecule has 10 heteroatoms. The molecular formula is C36H20F6N4. The van der Waals surface area contributed by atoms with E-state index in [0.29, 0.717) is 33.5 Å². The van der Waals surface area contributed by atoms with E-state index in [4.69, 9.17) is 0 Å². The molecule has 4 nitrogen and oxygen atoms in total. The highest BCUT2D eigenvalue weighted by atomic mass is 19.4. The first-order valence-electron chi connectivity index (χ1n) is 14.1. The second-order valence-corrected chi connectivity index (χ2v) is 11.2. The van der Waals surface area contributed by atoms with Gasteiger partial charge in [0.2, 0.25) is 0 Å². The van der Waals surface area contributed by atoms with Crippen molar-refractivity contribution in [2.45, 2.75) is 24.7 Å². The Morgan fingerprint density at radius 2 is 0.978 bits per heavy atom. The summed E-state index contributed by atoms with van der Waals surface area (Å²) in [6.07, 6.45) is -11.1. The van der Waals surface area contributed by atoms with Crippen molar-refractivity contribution in [2.24, 2.45) is 0 Å². The van der Waals surface area contributed by atoms with Crippen molar-refractivity contribution >= 4 is 43.6 Å². The van der Waals surface area contributed by atoms with E-state index < -0.39 is 23.3 Å². The maximum atomic E-state index is 13.8. The molecule has 0 bridgehead atoms. The Morgan fingerprint density at radius 1 is 0.522 bits per heavy atom. The summed E-state index contributed by atoms with van der Waals surface area (Å²) >= 11 is 0. The lowest BCUT2D eigenvalue weighted by molar-refractivity contribution is -0.297. The zero-order valence-corrected chi connectivity index (χ0v) is 23.9. The lowest BCUT2D eigenvalue weighted by atomic mass is 9.81. The van der Waals surface area contributed by atoms with E-state index in [-0.39, 0.29) is 6.92 Å². The number of fused-ring (bicyclic) bond motifs is 7. The van der Waals surface area contributed by atoms with Crippen molar-refractivity contribution in [3.05, 3.63) is 120 Å². The van der Waals surface area contributed by atoms with Crippen molar-refractivity contribution in [2.75, 3.05) is 0 Å². The van der Waals surface area contributed by atoms with Crippen LogP contribution in [0.25, 0.3) is 55.0 Å². The Balaban J connectivity index is 1.56. The third-order valence-corrected chi connectivity index (χ3v) is 8.81. The van der Waals surface area contributed by atoms with Crippen LogP contribution in [0, 0.1) is 22.7 Å². The van der Waals surface area contributed by atoms with Crippen molar-refractivity contribution in [1.82, 2.24) is 9.13 Å². The maximum absolute atomic E-state index is 13.8. The fourth-order valence-corrected chi connectivity index (χ4v) is 6.43. The molecule has 0 aliphatic carbocycles. The number of nitrogens with zero attached hydrogens (tertiary/aromatic N) is 4. The van der Waals surface area contributed by atoms with E-state index >= 15 is 0 Å². The summed E-state index contributed by atoms with van der Waals surface area (Å²) < 4.78 is 86.6. The van der Waals surface area contributed by atoms with Gasteiger partial charge in [0, 0.05) is 27.2 Å². The molecule has 2 heterocycles. The number of hydrogen-bond donors (Lipinski definition) is 0. The zero-order chi connectivity index (χ0) is 32.6. The van der Waals surface area contributed by atoms with Gasteiger partial charge in [0.05, 0.1) is 38.9 Å². The fraction of sp³-hybridized carbons (Fsp3) is 0.111. The SMILES string of the molecule is CC(c1ccc(-n2c3ccccc3c3c4c5ccccc5n(-c5c(C#N)cccc5C#N)c4ccc32)cc1)(C(F)(F)F)C(F)(F)F. The van der Waals surface area contributed by atoms with E-state index in [0.717, 1.165) is 44.7 Å². The number of alkyl halides is 6. The molecular weight excluding hydrogens is 602 g/mol. The topological polar surface area (TPSA) is 57.4 Å². The monoisotopic (exact) mass is 622 g/mol. The molecule has 0 unspecified atom stereocenters.